The first-order valence-corrected chi connectivity index (χ1v) is 5.53. The lowest BCUT2D eigenvalue weighted by Crippen LogP contribution is -2.43. The zero-order valence-corrected chi connectivity index (χ0v) is 9.13. The maximum Gasteiger partial charge on any atom is 0.411 e. The van der Waals surface area contributed by atoms with Gasteiger partial charge in [-0.05, 0) is 19.3 Å². The largest absolute Gasteiger partial charge is 0.411 e. The molecule has 1 N–H and O–H groups in total. The Kier molecular flexibility index (Phi) is 3.58. The molecule has 2 bridgehead atoms. The van der Waals surface area contributed by atoms with Crippen LogP contribution in [0.4, 0.5) is 13.2 Å². The minimum absolute atomic E-state index is 0.0200. The van der Waals surface area contributed by atoms with Crippen molar-refractivity contribution >= 4 is 5.91 Å². The third-order valence-electron chi connectivity index (χ3n) is 2.95. The fourth-order valence-corrected chi connectivity index (χ4v) is 2.30. The van der Waals surface area contributed by atoms with Crippen LogP contribution in [0, 0.1) is 0 Å². The molecule has 4 nitrogen and oxygen atoms in total. The smallest absolute Gasteiger partial charge is 0.373 e. The molecule has 2 heterocycles. The molecule has 98 valence electrons. The van der Waals surface area contributed by atoms with E-state index in [1.165, 1.54) is 0 Å². The summed E-state index contributed by atoms with van der Waals surface area (Å²) < 4.78 is 45.1. The Hall–Kier alpha value is -0.820. The normalized spacial score (nSPS) is 31.8. The first-order chi connectivity index (χ1) is 7.94. The molecule has 0 spiro atoms. The summed E-state index contributed by atoms with van der Waals surface area (Å²) in [5, 5.41) is 2.64. The van der Waals surface area contributed by atoms with Gasteiger partial charge in [0.25, 0.3) is 0 Å². The topological polar surface area (TPSA) is 47.6 Å². The molecule has 17 heavy (non-hydrogen) atoms. The molecule has 0 aromatic heterocycles. The molecule has 2 rings (SSSR count). The predicted octanol–water partition coefficient (Wildman–Crippen LogP) is 1.00. The van der Waals surface area contributed by atoms with Crippen LogP contribution in [-0.4, -0.2) is 43.5 Å². The van der Waals surface area contributed by atoms with E-state index in [2.05, 4.69) is 10.1 Å². The lowest BCUT2D eigenvalue weighted by Gasteiger charge is -2.20. The number of alkyl halides is 3. The van der Waals surface area contributed by atoms with Gasteiger partial charge < -0.3 is 14.8 Å². The second-order valence-corrected chi connectivity index (χ2v) is 4.39. The van der Waals surface area contributed by atoms with Gasteiger partial charge in [0.15, 0.2) is 0 Å². The number of hydrogen-bond acceptors (Lipinski definition) is 3. The Morgan fingerprint density at radius 1 is 1.41 bits per heavy atom. The SMILES string of the molecule is O=C(COCC(F)(F)F)N[C@@H]1C[C@H]2CC[C@@H]1O2. The van der Waals surface area contributed by atoms with Gasteiger partial charge in [-0.2, -0.15) is 13.2 Å². The van der Waals surface area contributed by atoms with Crippen molar-refractivity contribution in [3.8, 4) is 0 Å². The number of amides is 1. The number of halogens is 3. The van der Waals surface area contributed by atoms with Crippen molar-refractivity contribution in [1.82, 2.24) is 5.32 Å². The molecule has 0 aromatic rings. The van der Waals surface area contributed by atoms with Crippen molar-refractivity contribution < 1.29 is 27.4 Å². The van der Waals surface area contributed by atoms with Gasteiger partial charge in [0.05, 0.1) is 18.2 Å². The Morgan fingerprint density at radius 3 is 2.71 bits per heavy atom. The maximum absolute atomic E-state index is 11.8. The Morgan fingerprint density at radius 2 is 2.18 bits per heavy atom. The van der Waals surface area contributed by atoms with E-state index in [9.17, 15) is 18.0 Å². The van der Waals surface area contributed by atoms with E-state index in [1.807, 2.05) is 0 Å². The fourth-order valence-electron chi connectivity index (χ4n) is 2.30. The first-order valence-electron chi connectivity index (χ1n) is 5.53. The average molecular weight is 253 g/mol. The van der Waals surface area contributed by atoms with Crippen LogP contribution in [0.1, 0.15) is 19.3 Å². The number of carbonyl (C=O) groups excluding carboxylic acids is 1. The molecule has 1 amide bonds. The number of hydrogen-bond donors (Lipinski definition) is 1. The summed E-state index contributed by atoms with van der Waals surface area (Å²) in [7, 11) is 0. The van der Waals surface area contributed by atoms with E-state index in [1.54, 1.807) is 0 Å². The number of ether oxygens (including phenoxy) is 2. The van der Waals surface area contributed by atoms with E-state index in [-0.39, 0.29) is 18.2 Å². The standard InChI is InChI=1S/C10H14F3NO3/c11-10(12,13)5-16-4-9(15)14-7-3-6-1-2-8(7)17-6/h6-8H,1-5H2,(H,14,15)/t6-,7-,8+/m1/s1. The van der Waals surface area contributed by atoms with Crippen molar-refractivity contribution in [3.63, 3.8) is 0 Å². The van der Waals surface area contributed by atoms with Crippen molar-refractivity contribution in [1.29, 1.82) is 0 Å². The fraction of sp³-hybridized carbons (Fsp3) is 0.900. The molecule has 2 aliphatic rings. The minimum atomic E-state index is -4.39. The third-order valence-corrected chi connectivity index (χ3v) is 2.95. The van der Waals surface area contributed by atoms with Crippen molar-refractivity contribution in [2.24, 2.45) is 0 Å². The van der Waals surface area contributed by atoms with E-state index >= 15 is 0 Å². The molecule has 2 saturated heterocycles. The number of carbonyl (C=O) groups is 1. The summed E-state index contributed by atoms with van der Waals surface area (Å²) >= 11 is 0. The molecule has 0 saturated carbocycles. The van der Waals surface area contributed by atoms with Crippen LogP contribution in [0.25, 0.3) is 0 Å². The highest BCUT2D eigenvalue weighted by molar-refractivity contribution is 5.77. The van der Waals surface area contributed by atoms with Gasteiger partial charge in [0.1, 0.15) is 13.2 Å². The highest BCUT2D eigenvalue weighted by Crippen LogP contribution is 2.34. The van der Waals surface area contributed by atoms with Crippen LogP contribution in [0.15, 0.2) is 0 Å². The van der Waals surface area contributed by atoms with Gasteiger partial charge in [-0.3, -0.25) is 4.79 Å². The molecule has 0 aliphatic carbocycles. The van der Waals surface area contributed by atoms with Crippen molar-refractivity contribution in [2.45, 2.75) is 43.7 Å². The predicted molar refractivity (Wildman–Crippen MR) is 51.3 cm³/mol. The van der Waals surface area contributed by atoms with Crippen LogP contribution in [0.5, 0.6) is 0 Å². The minimum Gasteiger partial charge on any atom is -0.373 e. The van der Waals surface area contributed by atoms with Crippen LogP contribution in [0.3, 0.4) is 0 Å². The van der Waals surface area contributed by atoms with Gasteiger partial charge in [-0.15, -0.1) is 0 Å². The average Bonchev–Trinajstić information content (AvgIpc) is 2.76. The Labute approximate surface area is 96.4 Å². The Bertz CT molecular complexity index is 295. The molecule has 7 heteroatoms. The third kappa shape index (κ3) is 3.57. The zero-order chi connectivity index (χ0) is 12.5. The second-order valence-electron chi connectivity index (χ2n) is 4.39. The molecule has 0 unspecified atom stereocenters. The van der Waals surface area contributed by atoms with Crippen LogP contribution in [-0.2, 0) is 14.3 Å². The lowest BCUT2D eigenvalue weighted by molar-refractivity contribution is -0.175. The molecule has 0 aromatic carbocycles. The molecule has 0 radical (unpaired) electrons. The van der Waals surface area contributed by atoms with Crippen LogP contribution < -0.4 is 5.32 Å². The van der Waals surface area contributed by atoms with E-state index in [0.29, 0.717) is 0 Å². The summed E-state index contributed by atoms with van der Waals surface area (Å²) in [5.41, 5.74) is 0. The summed E-state index contributed by atoms with van der Waals surface area (Å²) in [5.74, 6) is -0.518. The summed E-state index contributed by atoms with van der Waals surface area (Å²) in [6.07, 6.45) is -1.53. The highest BCUT2D eigenvalue weighted by Gasteiger charge is 2.41. The van der Waals surface area contributed by atoms with Gasteiger partial charge in [-0.1, -0.05) is 0 Å². The summed E-state index contributed by atoms with van der Waals surface area (Å²) in [6, 6.07) is -0.0734. The first kappa shape index (κ1) is 12.6. The molecule has 2 aliphatic heterocycles. The second kappa shape index (κ2) is 4.81. The summed E-state index contributed by atoms with van der Waals surface area (Å²) in [4.78, 5) is 11.3. The molecular formula is C10H14F3NO3. The molecule has 2 fully saturated rings. The monoisotopic (exact) mass is 253 g/mol. The van der Waals surface area contributed by atoms with E-state index in [4.69, 9.17) is 4.74 Å². The van der Waals surface area contributed by atoms with Gasteiger partial charge in [0.2, 0.25) is 5.91 Å². The Balaban J connectivity index is 1.64. The maximum atomic E-state index is 11.8. The lowest BCUT2D eigenvalue weighted by atomic mass is 9.95. The summed E-state index contributed by atoms with van der Waals surface area (Å²) in [6.45, 7) is -1.96. The molecule has 3 atom stereocenters. The quantitative estimate of drug-likeness (QED) is 0.813. The number of nitrogens with one attached hydrogen (secondary N) is 1. The molecular weight excluding hydrogens is 239 g/mol. The van der Waals surface area contributed by atoms with Gasteiger partial charge in [0, 0.05) is 0 Å². The number of rotatable bonds is 4. The van der Waals surface area contributed by atoms with Crippen LogP contribution >= 0.6 is 0 Å². The van der Waals surface area contributed by atoms with Gasteiger partial charge >= 0.3 is 6.18 Å². The highest BCUT2D eigenvalue weighted by atomic mass is 19.4. The zero-order valence-electron chi connectivity index (χ0n) is 9.13. The van der Waals surface area contributed by atoms with E-state index < -0.39 is 25.3 Å². The van der Waals surface area contributed by atoms with Crippen molar-refractivity contribution in [3.05, 3.63) is 0 Å². The number of fused-ring (bicyclic) bond motifs is 2. The van der Waals surface area contributed by atoms with Crippen LogP contribution in [0.2, 0.25) is 0 Å². The van der Waals surface area contributed by atoms with E-state index in [0.717, 1.165) is 19.3 Å². The van der Waals surface area contributed by atoms with Gasteiger partial charge in [-0.25, -0.2) is 0 Å². The van der Waals surface area contributed by atoms with Crippen molar-refractivity contribution in [2.75, 3.05) is 13.2 Å².